The Morgan fingerprint density at radius 1 is 0.789 bits per heavy atom. The molecule has 6 heteroatoms. The average molecular weight is 291 g/mol. The molecule has 19 heavy (non-hydrogen) atoms. The summed E-state index contributed by atoms with van der Waals surface area (Å²) in [5, 5.41) is 5.45. The van der Waals surface area contributed by atoms with Crippen molar-refractivity contribution in [3.63, 3.8) is 0 Å². The normalized spacial score (nSPS) is 10.6. The first kappa shape index (κ1) is 12.1. The van der Waals surface area contributed by atoms with Gasteiger partial charge in [-0.25, -0.2) is 0 Å². The molecule has 2 aromatic carbocycles. The Balaban J connectivity index is 1.96. The number of aromatic nitrogens is 3. The lowest BCUT2D eigenvalue weighted by atomic mass is 10.1. The van der Waals surface area contributed by atoms with Crippen molar-refractivity contribution < 1.29 is 0 Å². The van der Waals surface area contributed by atoms with Gasteiger partial charge in [0.25, 0.3) is 0 Å². The van der Waals surface area contributed by atoms with Crippen molar-refractivity contribution in [1.82, 2.24) is 15.0 Å². The van der Waals surface area contributed by atoms with E-state index < -0.39 is 0 Å². The highest BCUT2D eigenvalue weighted by atomic mass is 35.5. The van der Waals surface area contributed by atoms with E-state index in [0.29, 0.717) is 5.95 Å². The van der Waals surface area contributed by atoms with Gasteiger partial charge in [-0.3, -0.25) is 0 Å². The quantitative estimate of drug-likeness (QED) is 0.773. The van der Waals surface area contributed by atoms with E-state index >= 15 is 0 Å². The minimum Gasteiger partial charge on any atom is -0.324 e. The summed E-state index contributed by atoms with van der Waals surface area (Å²) >= 11 is 11.4. The Kier molecular flexibility index (Phi) is 3.19. The predicted octanol–water partition coefficient (Wildman–Crippen LogP) is 4.08. The van der Waals surface area contributed by atoms with Crippen molar-refractivity contribution in [2.45, 2.75) is 0 Å². The summed E-state index contributed by atoms with van der Waals surface area (Å²) < 4.78 is 0. The van der Waals surface area contributed by atoms with E-state index in [2.05, 4.69) is 26.3 Å². The van der Waals surface area contributed by atoms with Gasteiger partial charge in [0.05, 0.1) is 0 Å². The topological polar surface area (TPSA) is 50.7 Å². The summed E-state index contributed by atoms with van der Waals surface area (Å²) in [6.07, 6.45) is 0. The first-order chi connectivity index (χ1) is 9.20. The Bertz CT molecular complexity index is 725. The van der Waals surface area contributed by atoms with Gasteiger partial charge < -0.3 is 5.32 Å². The van der Waals surface area contributed by atoms with Crippen molar-refractivity contribution in [3.05, 3.63) is 53.0 Å². The van der Waals surface area contributed by atoms with Gasteiger partial charge >= 0.3 is 0 Å². The number of rotatable bonds is 2. The maximum atomic E-state index is 5.72. The zero-order valence-electron chi connectivity index (χ0n) is 9.64. The highest BCUT2D eigenvalue weighted by Crippen LogP contribution is 2.21. The summed E-state index contributed by atoms with van der Waals surface area (Å²) in [4.78, 5) is 11.6. The molecule has 0 bridgehead atoms. The molecule has 4 nitrogen and oxygen atoms in total. The number of halogens is 2. The van der Waals surface area contributed by atoms with Crippen LogP contribution >= 0.6 is 23.2 Å². The number of anilines is 2. The summed E-state index contributed by atoms with van der Waals surface area (Å²) in [6, 6.07) is 14.0. The first-order valence-corrected chi connectivity index (χ1v) is 6.29. The molecule has 0 unspecified atom stereocenters. The monoisotopic (exact) mass is 290 g/mol. The van der Waals surface area contributed by atoms with Crippen molar-refractivity contribution in [2.75, 3.05) is 5.32 Å². The van der Waals surface area contributed by atoms with Gasteiger partial charge in [-0.1, -0.05) is 30.3 Å². The smallest absolute Gasteiger partial charge is 0.232 e. The Hall–Kier alpha value is -1.91. The van der Waals surface area contributed by atoms with Crippen LogP contribution in [0.25, 0.3) is 10.8 Å². The van der Waals surface area contributed by atoms with Crippen LogP contribution in [0.15, 0.2) is 42.5 Å². The second-order valence-electron chi connectivity index (χ2n) is 3.88. The van der Waals surface area contributed by atoms with Crippen LogP contribution in [0.2, 0.25) is 10.6 Å². The number of hydrogen-bond acceptors (Lipinski definition) is 4. The summed E-state index contributed by atoms with van der Waals surface area (Å²) in [6.45, 7) is 0. The molecule has 0 aliphatic rings. The molecule has 0 aliphatic carbocycles. The summed E-state index contributed by atoms with van der Waals surface area (Å²) in [5.41, 5.74) is 0.858. The molecule has 0 amide bonds. The molecular weight excluding hydrogens is 283 g/mol. The molecule has 94 valence electrons. The maximum absolute atomic E-state index is 5.72. The third-order valence-corrected chi connectivity index (χ3v) is 2.92. The van der Waals surface area contributed by atoms with E-state index in [-0.39, 0.29) is 10.6 Å². The molecular formula is C13H8Cl2N4. The van der Waals surface area contributed by atoms with Gasteiger partial charge in [0, 0.05) is 5.69 Å². The number of nitrogens with one attached hydrogen (secondary N) is 1. The molecule has 0 radical (unpaired) electrons. The Morgan fingerprint density at radius 2 is 1.47 bits per heavy atom. The standard InChI is InChI=1S/C13H8Cl2N4/c14-11-17-12(15)19-13(18-11)16-10-6-5-8-3-1-2-4-9(8)7-10/h1-7H,(H,16,17,18,19). The zero-order valence-corrected chi connectivity index (χ0v) is 11.2. The van der Waals surface area contributed by atoms with E-state index in [0.717, 1.165) is 11.1 Å². The van der Waals surface area contributed by atoms with Gasteiger partial charge in [0.2, 0.25) is 16.5 Å². The van der Waals surface area contributed by atoms with Crippen LogP contribution in [0, 0.1) is 0 Å². The zero-order chi connectivity index (χ0) is 13.2. The predicted molar refractivity (Wildman–Crippen MR) is 77.1 cm³/mol. The van der Waals surface area contributed by atoms with E-state index in [1.807, 2.05) is 36.4 Å². The number of fused-ring (bicyclic) bond motifs is 1. The van der Waals surface area contributed by atoms with Crippen LogP contribution in [0.1, 0.15) is 0 Å². The molecule has 1 aromatic heterocycles. The number of hydrogen-bond donors (Lipinski definition) is 1. The second-order valence-corrected chi connectivity index (χ2v) is 4.56. The summed E-state index contributed by atoms with van der Waals surface area (Å²) in [5.74, 6) is 0.320. The third kappa shape index (κ3) is 2.75. The lowest BCUT2D eigenvalue weighted by Gasteiger charge is -2.06. The van der Waals surface area contributed by atoms with Gasteiger partial charge in [0.1, 0.15) is 0 Å². The summed E-state index contributed by atoms with van der Waals surface area (Å²) in [7, 11) is 0. The van der Waals surface area contributed by atoms with Crippen LogP contribution in [-0.2, 0) is 0 Å². The van der Waals surface area contributed by atoms with Gasteiger partial charge in [-0.2, -0.15) is 15.0 Å². The minimum absolute atomic E-state index is 0.0586. The molecule has 0 spiro atoms. The lowest BCUT2D eigenvalue weighted by Crippen LogP contribution is -1.99. The van der Waals surface area contributed by atoms with Gasteiger partial charge in [0.15, 0.2) is 0 Å². The van der Waals surface area contributed by atoms with Crippen molar-refractivity contribution in [2.24, 2.45) is 0 Å². The number of nitrogens with zero attached hydrogens (tertiary/aromatic N) is 3. The SMILES string of the molecule is Clc1nc(Cl)nc(Nc2ccc3ccccc3c2)n1. The van der Waals surface area contributed by atoms with E-state index in [4.69, 9.17) is 23.2 Å². The van der Waals surface area contributed by atoms with E-state index in [1.54, 1.807) is 0 Å². The maximum Gasteiger partial charge on any atom is 0.232 e. The largest absolute Gasteiger partial charge is 0.324 e. The first-order valence-electron chi connectivity index (χ1n) is 5.53. The van der Waals surface area contributed by atoms with Crippen LogP contribution in [0.3, 0.4) is 0 Å². The average Bonchev–Trinajstić information content (AvgIpc) is 2.37. The highest BCUT2D eigenvalue weighted by molar-refractivity contribution is 6.31. The number of benzene rings is 2. The minimum atomic E-state index is 0.0586. The van der Waals surface area contributed by atoms with Gasteiger partial charge in [-0.05, 0) is 46.1 Å². The Morgan fingerprint density at radius 3 is 2.21 bits per heavy atom. The highest BCUT2D eigenvalue weighted by Gasteiger charge is 2.04. The fourth-order valence-electron chi connectivity index (χ4n) is 1.78. The van der Waals surface area contributed by atoms with Crippen LogP contribution < -0.4 is 5.32 Å². The fourth-order valence-corrected chi connectivity index (χ4v) is 2.14. The van der Waals surface area contributed by atoms with Crippen molar-refractivity contribution in [1.29, 1.82) is 0 Å². The molecule has 3 rings (SSSR count). The van der Waals surface area contributed by atoms with Crippen LogP contribution in [0.5, 0.6) is 0 Å². The van der Waals surface area contributed by atoms with Crippen LogP contribution in [-0.4, -0.2) is 15.0 Å². The van der Waals surface area contributed by atoms with E-state index in [9.17, 15) is 0 Å². The Labute approximate surface area is 119 Å². The van der Waals surface area contributed by atoms with Crippen molar-refractivity contribution in [3.8, 4) is 0 Å². The molecule has 1 N–H and O–H groups in total. The fraction of sp³-hybridized carbons (Fsp3) is 0. The van der Waals surface area contributed by atoms with E-state index in [1.165, 1.54) is 5.39 Å². The molecule has 0 aliphatic heterocycles. The molecule has 0 fully saturated rings. The lowest BCUT2D eigenvalue weighted by molar-refractivity contribution is 1.05. The van der Waals surface area contributed by atoms with Crippen LogP contribution in [0.4, 0.5) is 11.6 Å². The third-order valence-electron chi connectivity index (χ3n) is 2.59. The molecule has 3 aromatic rings. The van der Waals surface area contributed by atoms with Gasteiger partial charge in [-0.15, -0.1) is 0 Å². The molecule has 0 saturated carbocycles. The van der Waals surface area contributed by atoms with Crippen molar-refractivity contribution >= 4 is 45.6 Å². The molecule has 0 atom stereocenters. The molecule has 1 heterocycles. The second kappa shape index (κ2) is 4.99. The molecule has 0 saturated heterocycles.